The van der Waals surface area contributed by atoms with E-state index in [0.29, 0.717) is 0 Å². The zero-order valence-electron chi connectivity index (χ0n) is 14.7. The first kappa shape index (κ1) is 16.0. The number of anilines is 2. The molecule has 120 valence electrons. The van der Waals surface area contributed by atoms with Gasteiger partial charge in [-0.2, -0.15) is 0 Å². The Hall–Kier alpha value is -2.92. The Balaban J connectivity index is 2.24. The summed E-state index contributed by atoms with van der Waals surface area (Å²) in [5.41, 5.74) is 4.45. The van der Waals surface area contributed by atoms with Crippen LogP contribution >= 0.6 is 0 Å². The van der Waals surface area contributed by atoms with Gasteiger partial charge in [0.2, 0.25) is 0 Å². The van der Waals surface area contributed by atoms with E-state index in [2.05, 4.69) is 80.2 Å². The lowest BCUT2D eigenvalue weighted by Gasteiger charge is -2.23. The maximum Gasteiger partial charge on any atom is 0.0620 e. The molecular weight excluding hydrogens is 292 g/mol. The highest BCUT2D eigenvalue weighted by molar-refractivity contribution is 6.05. The highest BCUT2D eigenvalue weighted by Gasteiger charge is 2.13. The standard InChI is InChI=1S/C22H22N2/c1-23(2)20-12-8-11-18-15-16-19(22(21(18)20)24(3)4)14-13-17-9-6-5-7-10-17/h5-12,15-16H,1-4H3. The fourth-order valence-corrected chi connectivity index (χ4v) is 2.94. The molecule has 2 heteroatoms. The third kappa shape index (κ3) is 3.07. The monoisotopic (exact) mass is 314 g/mol. The Kier molecular flexibility index (Phi) is 4.44. The largest absolute Gasteiger partial charge is 0.377 e. The summed E-state index contributed by atoms with van der Waals surface area (Å²) in [4.78, 5) is 4.31. The second-order valence-corrected chi connectivity index (χ2v) is 6.24. The quantitative estimate of drug-likeness (QED) is 0.648. The number of benzene rings is 3. The van der Waals surface area contributed by atoms with Crippen LogP contribution in [0, 0.1) is 11.8 Å². The van der Waals surface area contributed by atoms with Crippen LogP contribution < -0.4 is 9.80 Å². The molecule has 0 aliphatic rings. The Morgan fingerprint density at radius 3 is 2.08 bits per heavy atom. The van der Waals surface area contributed by atoms with Crippen LogP contribution in [0.5, 0.6) is 0 Å². The minimum Gasteiger partial charge on any atom is -0.377 e. The van der Waals surface area contributed by atoms with Crippen LogP contribution in [0.1, 0.15) is 11.1 Å². The van der Waals surface area contributed by atoms with Crippen molar-refractivity contribution in [2.24, 2.45) is 0 Å². The average molecular weight is 314 g/mol. The molecule has 0 fully saturated rings. The van der Waals surface area contributed by atoms with E-state index in [1.807, 2.05) is 30.3 Å². The molecule has 0 amide bonds. The van der Waals surface area contributed by atoms with Crippen LogP contribution in [0.3, 0.4) is 0 Å². The van der Waals surface area contributed by atoms with E-state index in [0.717, 1.165) is 11.1 Å². The highest BCUT2D eigenvalue weighted by Crippen LogP contribution is 2.36. The van der Waals surface area contributed by atoms with Crippen molar-refractivity contribution in [1.82, 2.24) is 0 Å². The lowest BCUT2D eigenvalue weighted by molar-refractivity contribution is 1.12. The minimum absolute atomic E-state index is 1.03. The summed E-state index contributed by atoms with van der Waals surface area (Å²) in [5.74, 6) is 6.64. The summed E-state index contributed by atoms with van der Waals surface area (Å²) < 4.78 is 0. The van der Waals surface area contributed by atoms with Gasteiger partial charge in [-0.25, -0.2) is 0 Å². The second-order valence-electron chi connectivity index (χ2n) is 6.24. The van der Waals surface area contributed by atoms with Crippen molar-refractivity contribution in [2.45, 2.75) is 0 Å². The molecule has 0 saturated carbocycles. The lowest BCUT2D eigenvalue weighted by Crippen LogP contribution is -2.14. The summed E-state index contributed by atoms with van der Waals surface area (Å²) in [6.45, 7) is 0. The first-order valence-electron chi connectivity index (χ1n) is 8.05. The Morgan fingerprint density at radius 2 is 1.42 bits per heavy atom. The Labute approximate surface area is 144 Å². The third-order valence-electron chi connectivity index (χ3n) is 4.04. The van der Waals surface area contributed by atoms with Gasteiger partial charge < -0.3 is 9.80 Å². The van der Waals surface area contributed by atoms with E-state index in [1.165, 1.54) is 22.1 Å². The van der Waals surface area contributed by atoms with Crippen LogP contribution in [-0.2, 0) is 0 Å². The topological polar surface area (TPSA) is 6.48 Å². The van der Waals surface area contributed by atoms with Crippen LogP contribution in [0.2, 0.25) is 0 Å². The molecule has 24 heavy (non-hydrogen) atoms. The van der Waals surface area contributed by atoms with Crippen molar-refractivity contribution in [3.8, 4) is 11.8 Å². The Morgan fingerprint density at radius 1 is 0.667 bits per heavy atom. The van der Waals surface area contributed by atoms with E-state index < -0.39 is 0 Å². The van der Waals surface area contributed by atoms with Gasteiger partial charge in [0.15, 0.2) is 0 Å². The molecule has 0 saturated heterocycles. The molecule has 0 aliphatic heterocycles. The fourth-order valence-electron chi connectivity index (χ4n) is 2.94. The predicted molar refractivity (Wildman–Crippen MR) is 105 cm³/mol. The fraction of sp³-hybridized carbons (Fsp3) is 0.182. The van der Waals surface area contributed by atoms with Gasteiger partial charge in [-0.15, -0.1) is 0 Å². The van der Waals surface area contributed by atoms with Crippen LogP contribution in [0.25, 0.3) is 10.8 Å². The Bertz CT molecular complexity index is 913. The SMILES string of the molecule is CN(C)c1cccc2ccc(C#Cc3ccccc3)c(N(C)C)c12. The maximum absolute atomic E-state index is 3.36. The van der Waals surface area contributed by atoms with Gasteiger partial charge in [0.05, 0.1) is 5.69 Å². The van der Waals surface area contributed by atoms with Gasteiger partial charge >= 0.3 is 0 Å². The molecule has 0 unspecified atom stereocenters. The second kappa shape index (κ2) is 6.68. The van der Waals surface area contributed by atoms with E-state index in [4.69, 9.17) is 0 Å². The van der Waals surface area contributed by atoms with Crippen LogP contribution in [0.4, 0.5) is 11.4 Å². The minimum atomic E-state index is 1.03. The maximum atomic E-state index is 3.36. The number of rotatable bonds is 2. The van der Waals surface area contributed by atoms with Crippen molar-refractivity contribution < 1.29 is 0 Å². The van der Waals surface area contributed by atoms with Gasteiger partial charge in [0, 0.05) is 50.4 Å². The van der Waals surface area contributed by atoms with E-state index in [9.17, 15) is 0 Å². The summed E-state index contributed by atoms with van der Waals surface area (Å²) in [5, 5.41) is 2.47. The molecule has 2 nitrogen and oxygen atoms in total. The van der Waals surface area contributed by atoms with E-state index >= 15 is 0 Å². The lowest BCUT2D eigenvalue weighted by atomic mass is 10.0. The molecule has 0 N–H and O–H groups in total. The van der Waals surface area contributed by atoms with Gasteiger partial charge in [0.25, 0.3) is 0 Å². The third-order valence-corrected chi connectivity index (χ3v) is 4.04. The van der Waals surface area contributed by atoms with Crippen molar-refractivity contribution in [3.63, 3.8) is 0 Å². The van der Waals surface area contributed by atoms with Crippen LogP contribution in [0.15, 0.2) is 60.7 Å². The molecule has 0 bridgehead atoms. The molecule has 3 rings (SSSR count). The molecule has 0 aliphatic carbocycles. The zero-order valence-corrected chi connectivity index (χ0v) is 14.7. The molecule has 0 atom stereocenters. The van der Waals surface area contributed by atoms with Crippen molar-refractivity contribution in [1.29, 1.82) is 0 Å². The molecule has 0 spiro atoms. The summed E-state index contributed by atoms with van der Waals surface area (Å²) in [6, 6.07) is 20.8. The van der Waals surface area contributed by atoms with Crippen molar-refractivity contribution in [2.75, 3.05) is 38.0 Å². The molecule has 3 aromatic carbocycles. The molecule has 0 aromatic heterocycles. The average Bonchev–Trinajstić information content (AvgIpc) is 2.59. The number of nitrogens with zero attached hydrogens (tertiary/aromatic N) is 2. The van der Waals surface area contributed by atoms with Gasteiger partial charge in [-0.3, -0.25) is 0 Å². The zero-order chi connectivity index (χ0) is 17.1. The number of hydrogen-bond acceptors (Lipinski definition) is 2. The molecule has 3 aromatic rings. The summed E-state index contributed by atoms with van der Waals surface area (Å²) in [6.07, 6.45) is 0. The molecule has 0 radical (unpaired) electrons. The van der Waals surface area contributed by atoms with Crippen molar-refractivity contribution >= 4 is 22.1 Å². The van der Waals surface area contributed by atoms with E-state index in [1.54, 1.807) is 0 Å². The van der Waals surface area contributed by atoms with Gasteiger partial charge in [-0.05, 0) is 29.7 Å². The van der Waals surface area contributed by atoms with Gasteiger partial charge in [0.1, 0.15) is 0 Å². The molecule has 0 heterocycles. The van der Waals surface area contributed by atoms with Gasteiger partial charge in [-0.1, -0.05) is 48.2 Å². The normalized spacial score (nSPS) is 10.2. The van der Waals surface area contributed by atoms with E-state index in [-0.39, 0.29) is 0 Å². The highest BCUT2D eigenvalue weighted by atomic mass is 15.1. The first-order chi connectivity index (χ1) is 11.6. The number of hydrogen-bond donors (Lipinski definition) is 0. The van der Waals surface area contributed by atoms with Crippen LogP contribution in [-0.4, -0.2) is 28.2 Å². The number of fused-ring (bicyclic) bond motifs is 1. The smallest absolute Gasteiger partial charge is 0.0620 e. The summed E-state index contributed by atoms with van der Waals surface area (Å²) >= 11 is 0. The predicted octanol–water partition coefficient (Wildman–Crippen LogP) is 4.37. The first-order valence-corrected chi connectivity index (χ1v) is 8.05. The summed E-state index contributed by atoms with van der Waals surface area (Å²) in [7, 11) is 8.32. The van der Waals surface area contributed by atoms with Crippen molar-refractivity contribution in [3.05, 3.63) is 71.8 Å². The molecular formula is C22H22N2.